The van der Waals surface area contributed by atoms with Gasteiger partial charge in [0.25, 0.3) is 5.56 Å². The predicted molar refractivity (Wildman–Crippen MR) is 61.4 cm³/mol. The van der Waals surface area contributed by atoms with Gasteiger partial charge in [-0.05, 0) is 38.5 Å². The number of H-pyrrole nitrogens is 1. The lowest BCUT2D eigenvalue weighted by Crippen LogP contribution is -2.26. The van der Waals surface area contributed by atoms with Gasteiger partial charge < -0.3 is 10.3 Å². The molecular weight excluding hydrogens is 202 g/mol. The van der Waals surface area contributed by atoms with Crippen molar-refractivity contribution in [1.29, 1.82) is 0 Å². The van der Waals surface area contributed by atoms with Crippen molar-refractivity contribution in [2.45, 2.75) is 51.1 Å². The normalized spacial score (nSPS) is 19.5. The zero-order valence-electron chi connectivity index (χ0n) is 9.38. The van der Waals surface area contributed by atoms with E-state index in [0.717, 1.165) is 36.3 Å². The number of hydrogen-bond acceptors (Lipinski definition) is 3. The first-order chi connectivity index (χ1) is 7.83. The van der Waals surface area contributed by atoms with Crippen molar-refractivity contribution in [3.8, 4) is 0 Å². The van der Waals surface area contributed by atoms with Gasteiger partial charge in [-0.2, -0.15) is 0 Å². The van der Waals surface area contributed by atoms with Crippen LogP contribution < -0.4 is 10.9 Å². The Kier molecular flexibility index (Phi) is 2.52. The second-order valence-electron chi connectivity index (χ2n) is 4.80. The van der Waals surface area contributed by atoms with E-state index in [4.69, 9.17) is 0 Å². The van der Waals surface area contributed by atoms with E-state index >= 15 is 0 Å². The maximum absolute atomic E-state index is 11.8. The fourth-order valence-electron chi connectivity index (χ4n) is 2.27. The van der Waals surface area contributed by atoms with E-state index in [2.05, 4.69) is 15.3 Å². The highest BCUT2D eigenvalue weighted by Gasteiger charge is 2.21. The van der Waals surface area contributed by atoms with Crippen molar-refractivity contribution in [2.24, 2.45) is 0 Å². The molecule has 0 spiro atoms. The Balaban J connectivity index is 1.82. The average molecular weight is 219 g/mol. The first-order valence-electron chi connectivity index (χ1n) is 6.17. The molecule has 2 aliphatic rings. The monoisotopic (exact) mass is 219 g/mol. The van der Waals surface area contributed by atoms with Gasteiger partial charge in [-0.15, -0.1) is 0 Å². The standard InChI is InChI=1S/C12H17N3O/c16-12-9-3-1-2-4-10(9)14-11(15-12)7-13-8-5-6-8/h8,13H,1-7H2,(H,14,15,16). The van der Waals surface area contributed by atoms with Crippen LogP contribution in [0.5, 0.6) is 0 Å². The summed E-state index contributed by atoms with van der Waals surface area (Å²) in [6.45, 7) is 0.702. The molecule has 2 aliphatic carbocycles. The van der Waals surface area contributed by atoms with Crippen LogP contribution in [0.3, 0.4) is 0 Å². The summed E-state index contributed by atoms with van der Waals surface area (Å²) < 4.78 is 0. The molecule has 3 rings (SSSR count). The van der Waals surface area contributed by atoms with Crippen LogP contribution >= 0.6 is 0 Å². The summed E-state index contributed by atoms with van der Waals surface area (Å²) in [6.07, 6.45) is 6.67. The van der Waals surface area contributed by atoms with Crippen molar-refractivity contribution < 1.29 is 0 Å². The van der Waals surface area contributed by atoms with Crippen LogP contribution in [0.4, 0.5) is 0 Å². The fourth-order valence-corrected chi connectivity index (χ4v) is 2.27. The highest BCUT2D eigenvalue weighted by molar-refractivity contribution is 5.20. The molecule has 1 saturated carbocycles. The molecule has 1 aromatic rings. The Morgan fingerprint density at radius 3 is 2.94 bits per heavy atom. The third-order valence-electron chi connectivity index (χ3n) is 3.38. The lowest BCUT2D eigenvalue weighted by atomic mass is 9.97. The Morgan fingerprint density at radius 2 is 2.12 bits per heavy atom. The molecule has 1 aromatic heterocycles. The van der Waals surface area contributed by atoms with Crippen molar-refractivity contribution in [3.05, 3.63) is 27.4 Å². The summed E-state index contributed by atoms with van der Waals surface area (Å²) in [5, 5.41) is 3.37. The summed E-state index contributed by atoms with van der Waals surface area (Å²) in [5.74, 6) is 0.803. The molecule has 0 radical (unpaired) electrons. The third-order valence-corrected chi connectivity index (χ3v) is 3.38. The number of aryl methyl sites for hydroxylation is 1. The van der Waals surface area contributed by atoms with E-state index in [9.17, 15) is 4.79 Å². The lowest BCUT2D eigenvalue weighted by molar-refractivity contribution is 0.617. The van der Waals surface area contributed by atoms with E-state index < -0.39 is 0 Å². The van der Waals surface area contributed by atoms with Crippen LogP contribution in [-0.2, 0) is 19.4 Å². The van der Waals surface area contributed by atoms with E-state index in [1.54, 1.807) is 0 Å². The van der Waals surface area contributed by atoms with Crippen LogP contribution in [0.15, 0.2) is 4.79 Å². The minimum Gasteiger partial charge on any atom is -0.309 e. The molecule has 1 fully saturated rings. The minimum absolute atomic E-state index is 0.0808. The van der Waals surface area contributed by atoms with Gasteiger partial charge in [0.2, 0.25) is 0 Å². The zero-order chi connectivity index (χ0) is 11.0. The number of nitrogens with zero attached hydrogens (tertiary/aromatic N) is 1. The van der Waals surface area contributed by atoms with Crippen LogP contribution in [0.1, 0.15) is 42.8 Å². The van der Waals surface area contributed by atoms with Crippen LogP contribution in [0.2, 0.25) is 0 Å². The van der Waals surface area contributed by atoms with Crippen molar-refractivity contribution in [1.82, 2.24) is 15.3 Å². The number of rotatable bonds is 3. The Hall–Kier alpha value is -1.16. The zero-order valence-corrected chi connectivity index (χ0v) is 9.38. The van der Waals surface area contributed by atoms with Gasteiger partial charge in [-0.3, -0.25) is 4.79 Å². The smallest absolute Gasteiger partial charge is 0.254 e. The maximum atomic E-state index is 11.8. The molecule has 0 unspecified atom stereocenters. The van der Waals surface area contributed by atoms with Crippen molar-refractivity contribution >= 4 is 0 Å². The van der Waals surface area contributed by atoms with Crippen molar-refractivity contribution in [2.75, 3.05) is 0 Å². The number of fused-ring (bicyclic) bond motifs is 1. The summed E-state index contributed by atoms with van der Waals surface area (Å²) in [5.41, 5.74) is 2.03. The SMILES string of the molecule is O=c1[nH]c(CNC2CC2)nc2c1CCCC2. The molecule has 0 saturated heterocycles. The molecular formula is C12H17N3O. The van der Waals surface area contributed by atoms with Crippen molar-refractivity contribution in [3.63, 3.8) is 0 Å². The minimum atomic E-state index is 0.0808. The van der Waals surface area contributed by atoms with Gasteiger partial charge in [0.1, 0.15) is 5.82 Å². The van der Waals surface area contributed by atoms with Gasteiger partial charge in [-0.25, -0.2) is 4.98 Å². The summed E-state index contributed by atoms with van der Waals surface area (Å²) >= 11 is 0. The van der Waals surface area contributed by atoms with Crippen LogP contribution in [0, 0.1) is 0 Å². The second kappa shape index (κ2) is 4.01. The van der Waals surface area contributed by atoms with Gasteiger partial charge in [-0.1, -0.05) is 0 Å². The van der Waals surface area contributed by atoms with Gasteiger partial charge in [0.15, 0.2) is 0 Å². The quantitative estimate of drug-likeness (QED) is 0.794. The topological polar surface area (TPSA) is 57.8 Å². The number of aromatic nitrogens is 2. The Labute approximate surface area is 94.5 Å². The molecule has 16 heavy (non-hydrogen) atoms. The first-order valence-corrected chi connectivity index (χ1v) is 6.17. The Morgan fingerprint density at radius 1 is 1.31 bits per heavy atom. The van der Waals surface area contributed by atoms with E-state index in [1.807, 2.05) is 0 Å². The maximum Gasteiger partial charge on any atom is 0.254 e. The molecule has 0 amide bonds. The molecule has 2 N–H and O–H groups in total. The van der Waals surface area contributed by atoms with Crippen LogP contribution in [-0.4, -0.2) is 16.0 Å². The van der Waals surface area contributed by atoms with E-state index in [0.29, 0.717) is 12.6 Å². The lowest BCUT2D eigenvalue weighted by Gasteiger charge is -2.14. The highest BCUT2D eigenvalue weighted by Crippen LogP contribution is 2.19. The highest BCUT2D eigenvalue weighted by atomic mass is 16.1. The molecule has 0 aromatic carbocycles. The second-order valence-corrected chi connectivity index (χ2v) is 4.80. The third kappa shape index (κ3) is 2.02. The molecule has 86 valence electrons. The number of aromatic amines is 1. The molecule has 0 aliphatic heterocycles. The predicted octanol–water partition coefficient (Wildman–Crippen LogP) is 0.901. The molecule has 4 nitrogen and oxygen atoms in total. The van der Waals surface area contributed by atoms with E-state index in [1.165, 1.54) is 19.3 Å². The summed E-state index contributed by atoms with van der Waals surface area (Å²) in [4.78, 5) is 19.3. The summed E-state index contributed by atoms with van der Waals surface area (Å²) in [7, 11) is 0. The Bertz CT molecular complexity index is 448. The fraction of sp³-hybridized carbons (Fsp3) is 0.667. The molecule has 0 atom stereocenters. The van der Waals surface area contributed by atoms with Crippen LogP contribution in [0.25, 0.3) is 0 Å². The van der Waals surface area contributed by atoms with Gasteiger partial charge in [0, 0.05) is 11.6 Å². The number of hydrogen-bond donors (Lipinski definition) is 2. The largest absolute Gasteiger partial charge is 0.309 e. The molecule has 4 heteroatoms. The summed E-state index contributed by atoms with van der Waals surface area (Å²) in [6, 6.07) is 0.654. The van der Waals surface area contributed by atoms with Gasteiger partial charge in [0.05, 0.1) is 12.2 Å². The molecule has 0 bridgehead atoms. The van der Waals surface area contributed by atoms with Gasteiger partial charge >= 0.3 is 0 Å². The number of nitrogens with one attached hydrogen (secondary N) is 2. The van der Waals surface area contributed by atoms with E-state index in [-0.39, 0.29) is 5.56 Å². The average Bonchev–Trinajstić information content (AvgIpc) is 3.10. The molecule has 1 heterocycles. The first kappa shape index (κ1) is 10.0.